The number of nitrogens with one attached hydrogen (secondary N) is 1. The topological polar surface area (TPSA) is 158 Å². The van der Waals surface area contributed by atoms with Gasteiger partial charge >= 0.3 is 0 Å². The van der Waals surface area contributed by atoms with Gasteiger partial charge in [0.25, 0.3) is 11.8 Å². The van der Waals surface area contributed by atoms with Crippen LogP contribution in [0, 0.1) is 24.6 Å². The van der Waals surface area contributed by atoms with Gasteiger partial charge in [-0.05, 0) is 13.0 Å². The maximum absolute atomic E-state index is 14.8. The van der Waals surface area contributed by atoms with Crippen molar-refractivity contribution in [3.8, 4) is 29.0 Å². The van der Waals surface area contributed by atoms with Crippen LogP contribution in [0.5, 0.6) is 5.75 Å². The summed E-state index contributed by atoms with van der Waals surface area (Å²) < 4.78 is 26.8. The molecule has 0 bridgehead atoms. The molecule has 11 nitrogen and oxygen atoms in total. The first kappa shape index (κ1) is 22.0. The second-order valence-corrected chi connectivity index (χ2v) is 7.36. The highest BCUT2D eigenvalue weighted by molar-refractivity contribution is 6.05. The van der Waals surface area contributed by atoms with Crippen molar-refractivity contribution >= 4 is 11.8 Å². The molecule has 3 aromatic rings. The number of nitrogens with two attached hydrogens (primary N) is 1. The Bertz CT molecular complexity index is 1350. The van der Waals surface area contributed by atoms with Gasteiger partial charge in [0.1, 0.15) is 29.7 Å². The number of aryl methyl sites for hydroxylation is 1. The number of aromatic nitrogens is 4. The van der Waals surface area contributed by atoms with Crippen molar-refractivity contribution in [2.75, 3.05) is 13.7 Å². The third-order valence-corrected chi connectivity index (χ3v) is 4.93. The van der Waals surface area contributed by atoms with Crippen LogP contribution in [0.1, 0.15) is 45.2 Å². The maximum atomic E-state index is 14.8. The van der Waals surface area contributed by atoms with Gasteiger partial charge < -0.3 is 30.0 Å². The smallest absolute Gasteiger partial charge is 0.270 e. The number of ether oxygens (including phenoxy) is 1. The van der Waals surface area contributed by atoms with E-state index in [0.29, 0.717) is 5.56 Å². The zero-order valence-electron chi connectivity index (χ0n) is 17.9. The molecule has 170 valence electrons. The van der Waals surface area contributed by atoms with Crippen LogP contribution in [0.25, 0.3) is 11.4 Å². The summed E-state index contributed by atoms with van der Waals surface area (Å²) in [6.45, 7) is 3.16. The molecular weight excluding hydrogens is 435 g/mol. The number of carbonyl (C=O) groups excluding carboxylic acids is 2. The van der Waals surface area contributed by atoms with E-state index in [4.69, 9.17) is 15.0 Å². The van der Waals surface area contributed by atoms with E-state index < -0.39 is 23.2 Å². The van der Waals surface area contributed by atoms with Gasteiger partial charge in [-0.3, -0.25) is 9.59 Å². The molecule has 1 unspecified atom stereocenters. The quantitative estimate of drug-likeness (QED) is 0.482. The molecule has 2 aromatic heterocycles. The van der Waals surface area contributed by atoms with E-state index in [1.165, 1.54) is 24.6 Å². The second-order valence-electron chi connectivity index (χ2n) is 7.36. The number of aliphatic hydroxyl groups is 1. The molecule has 0 aliphatic carbocycles. The summed E-state index contributed by atoms with van der Waals surface area (Å²) in [6, 6.07) is 2.48. The Labute approximate surface area is 186 Å². The standard InChI is InChI=1S/C21H19FN6O5/c1-10-25-20(27-33-10)21(2,31)5-4-11-8-12-14(9-13(11)22)32-7-6-28-16(19(30)24-3)15(17(23)29)26-18(12)28/h8-9,31H,6-7H2,1-3H3,(H2,23,29)(H,24,30). The molecule has 2 amide bonds. The monoisotopic (exact) mass is 454 g/mol. The van der Waals surface area contributed by atoms with Crippen molar-refractivity contribution in [1.29, 1.82) is 0 Å². The molecule has 0 fully saturated rings. The van der Waals surface area contributed by atoms with Gasteiger partial charge in [-0.2, -0.15) is 4.98 Å². The van der Waals surface area contributed by atoms with Gasteiger partial charge in [-0.15, -0.1) is 0 Å². The Morgan fingerprint density at radius 1 is 1.36 bits per heavy atom. The molecule has 4 N–H and O–H groups in total. The summed E-state index contributed by atoms with van der Waals surface area (Å²) in [5, 5.41) is 16.7. The minimum Gasteiger partial charge on any atom is -0.491 e. The molecule has 0 radical (unpaired) electrons. The third kappa shape index (κ3) is 3.90. The van der Waals surface area contributed by atoms with Crippen molar-refractivity contribution in [3.63, 3.8) is 0 Å². The van der Waals surface area contributed by atoms with Crippen LogP contribution in [0.15, 0.2) is 16.7 Å². The fraction of sp³-hybridized carbons (Fsp3) is 0.286. The molecule has 0 spiro atoms. The number of nitrogens with zero attached hydrogens (tertiary/aromatic N) is 4. The molecule has 1 atom stereocenters. The fourth-order valence-electron chi connectivity index (χ4n) is 3.33. The van der Waals surface area contributed by atoms with E-state index in [-0.39, 0.29) is 53.4 Å². The molecule has 0 saturated carbocycles. The molecule has 3 heterocycles. The van der Waals surface area contributed by atoms with Crippen molar-refractivity contribution < 1.29 is 28.3 Å². The fourth-order valence-corrected chi connectivity index (χ4v) is 3.33. The molecule has 1 aliphatic rings. The Kier molecular flexibility index (Phi) is 5.35. The Balaban J connectivity index is 1.85. The lowest BCUT2D eigenvalue weighted by Gasteiger charge is -2.11. The Hall–Kier alpha value is -4.24. The largest absolute Gasteiger partial charge is 0.491 e. The first-order valence-corrected chi connectivity index (χ1v) is 9.78. The number of hydrogen-bond donors (Lipinski definition) is 3. The van der Waals surface area contributed by atoms with Crippen LogP contribution in [-0.2, 0) is 12.1 Å². The molecule has 4 rings (SSSR count). The molecule has 1 aromatic carbocycles. The van der Waals surface area contributed by atoms with E-state index in [1.807, 2.05) is 0 Å². The molecular formula is C21H19FN6O5. The average molecular weight is 454 g/mol. The predicted molar refractivity (Wildman–Crippen MR) is 111 cm³/mol. The van der Waals surface area contributed by atoms with Crippen molar-refractivity contribution in [1.82, 2.24) is 25.0 Å². The van der Waals surface area contributed by atoms with Gasteiger partial charge in [-0.25, -0.2) is 9.37 Å². The van der Waals surface area contributed by atoms with Crippen LogP contribution in [0.3, 0.4) is 0 Å². The number of benzene rings is 1. The van der Waals surface area contributed by atoms with E-state index >= 15 is 0 Å². The minimum atomic E-state index is -1.81. The number of primary amides is 1. The lowest BCUT2D eigenvalue weighted by Crippen LogP contribution is -2.26. The maximum Gasteiger partial charge on any atom is 0.270 e. The van der Waals surface area contributed by atoms with Crippen LogP contribution in [0.2, 0.25) is 0 Å². The highest BCUT2D eigenvalue weighted by atomic mass is 19.1. The summed E-state index contributed by atoms with van der Waals surface area (Å²) in [6.07, 6.45) is 0. The van der Waals surface area contributed by atoms with Gasteiger partial charge in [-0.1, -0.05) is 17.0 Å². The number of carbonyl (C=O) groups is 2. The van der Waals surface area contributed by atoms with Crippen molar-refractivity contribution in [3.05, 3.63) is 46.6 Å². The Morgan fingerprint density at radius 3 is 2.76 bits per heavy atom. The van der Waals surface area contributed by atoms with Crippen molar-refractivity contribution in [2.24, 2.45) is 5.73 Å². The molecule has 1 aliphatic heterocycles. The third-order valence-electron chi connectivity index (χ3n) is 4.93. The van der Waals surface area contributed by atoms with Gasteiger partial charge in [0.15, 0.2) is 11.3 Å². The Morgan fingerprint density at radius 2 is 2.12 bits per heavy atom. The number of hydrogen-bond acceptors (Lipinski definition) is 8. The summed E-state index contributed by atoms with van der Waals surface area (Å²) in [5.74, 6) is 3.48. The first-order valence-electron chi connectivity index (χ1n) is 9.78. The van der Waals surface area contributed by atoms with Crippen LogP contribution in [-0.4, -0.2) is 50.3 Å². The van der Waals surface area contributed by atoms with Gasteiger partial charge in [0.05, 0.1) is 17.7 Å². The SMILES string of the molecule is CNC(=O)c1c(C(N)=O)nc2n1CCOc1cc(F)c(C#CC(C)(O)c3noc(C)n3)cc1-2. The average Bonchev–Trinajstić information content (AvgIpc) is 3.33. The predicted octanol–water partition coefficient (Wildman–Crippen LogP) is 0.491. The minimum absolute atomic E-state index is 0.0242. The first-order chi connectivity index (χ1) is 15.6. The lowest BCUT2D eigenvalue weighted by molar-refractivity contribution is 0.0933. The van der Waals surface area contributed by atoms with Gasteiger partial charge in [0, 0.05) is 20.0 Å². The summed E-state index contributed by atoms with van der Waals surface area (Å²) in [4.78, 5) is 32.5. The zero-order chi connectivity index (χ0) is 23.9. The van der Waals surface area contributed by atoms with Crippen LogP contribution < -0.4 is 15.8 Å². The number of fused-ring (bicyclic) bond motifs is 3. The molecule has 33 heavy (non-hydrogen) atoms. The lowest BCUT2D eigenvalue weighted by atomic mass is 10.0. The van der Waals surface area contributed by atoms with Gasteiger partial charge in [0.2, 0.25) is 11.7 Å². The normalized spacial score (nSPS) is 14.0. The highest BCUT2D eigenvalue weighted by Gasteiger charge is 2.30. The van der Waals surface area contributed by atoms with E-state index in [9.17, 15) is 19.1 Å². The number of halogens is 1. The number of rotatable bonds is 3. The second kappa shape index (κ2) is 8.03. The number of imidazole rings is 1. The van der Waals surface area contributed by atoms with E-state index in [0.717, 1.165) is 6.07 Å². The summed E-state index contributed by atoms with van der Waals surface area (Å²) in [7, 11) is 1.41. The molecule has 12 heteroatoms. The van der Waals surface area contributed by atoms with Crippen LogP contribution in [0.4, 0.5) is 4.39 Å². The van der Waals surface area contributed by atoms with Crippen LogP contribution >= 0.6 is 0 Å². The zero-order valence-corrected chi connectivity index (χ0v) is 17.9. The summed E-state index contributed by atoms with van der Waals surface area (Å²) in [5.41, 5.74) is 3.59. The van der Waals surface area contributed by atoms with E-state index in [2.05, 4.69) is 32.3 Å². The number of amides is 2. The van der Waals surface area contributed by atoms with Crippen molar-refractivity contribution in [2.45, 2.75) is 26.0 Å². The highest BCUT2D eigenvalue weighted by Crippen LogP contribution is 2.35. The van der Waals surface area contributed by atoms with E-state index in [1.54, 1.807) is 6.92 Å². The summed E-state index contributed by atoms with van der Waals surface area (Å²) >= 11 is 0. The molecule has 0 saturated heterocycles.